The van der Waals surface area contributed by atoms with Gasteiger partial charge in [-0.15, -0.1) is 0 Å². The van der Waals surface area contributed by atoms with Gasteiger partial charge in [-0.1, -0.05) is 0 Å². The van der Waals surface area contributed by atoms with Crippen molar-refractivity contribution in [2.75, 3.05) is 412 Å². The summed E-state index contributed by atoms with van der Waals surface area (Å²) in [5.41, 5.74) is 11.6. The van der Waals surface area contributed by atoms with E-state index in [9.17, 15) is 0 Å². The molecule has 0 saturated heterocycles. The van der Waals surface area contributed by atoms with E-state index in [1.807, 2.05) is 0 Å². The van der Waals surface area contributed by atoms with Gasteiger partial charge in [0.2, 0.25) is 0 Å². The van der Waals surface area contributed by atoms with Crippen molar-refractivity contribution in [2.24, 2.45) is 0 Å². The molecule has 0 aromatic heterocycles. The van der Waals surface area contributed by atoms with Gasteiger partial charge >= 0.3 is 0 Å². The molecule has 0 spiro atoms. The average molecular weight is 1770 g/mol. The second kappa shape index (κ2) is 43.9. The highest BCUT2D eigenvalue weighted by molar-refractivity contribution is 5.61. The zero-order valence-electron chi connectivity index (χ0n) is 86.4. The molecule has 12 bridgehead atoms. The highest BCUT2D eigenvalue weighted by Gasteiger charge is 2.30. The smallest absolute Gasteiger partial charge is 0.137 e. The third kappa shape index (κ3) is 40.2. The van der Waals surface area contributed by atoms with Crippen molar-refractivity contribution in [1.82, 2.24) is 0 Å². The molecule has 0 aliphatic heterocycles. The van der Waals surface area contributed by atoms with Crippen molar-refractivity contribution in [3.8, 4) is 69.0 Å². The van der Waals surface area contributed by atoms with Crippen molar-refractivity contribution in [2.45, 2.75) is 38.5 Å². The van der Waals surface area contributed by atoms with Crippen LogP contribution in [0.1, 0.15) is 66.8 Å². The van der Waals surface area contributed by atoms with Crippen LogP contribution in [0, 0.1) is 0 Å². The van der Waals surface area contributed by atoms with Gasteiger partial charge in [0.15, 0.2) is 0 Å². The summed E-state index contributed by atoms with van der Waals surface area (Å²) in [6.45, 7) is 14.8. The van der Waals surface area contributed by atoms with E-state index in [1.54, 1.807) is 0 Å². The van der Waals surface area contributed by atoms with Crippen LogP contribution in [0.3, 0.4) is 0 Å². The van der Waals surface area contributed by atoms with Crippen LogP contribution < -0.4 is 56.8 Å². The van der Waals surface area contributed by atoms with Crippen molar-refractivity contribution in [1.29, 1.82) is 0 Å². The predicted octanol–water partition coefficient (Wildman–Crippen LogP) is 10.6. The van der Waals surface area contributed by atoms with Crippen molar-refractivity contribution >= 4 is 0 Å². The molecule has 0 amide bonds. The molecule has 24 nitrogen and oxygen atoms in total. The Morgan fingerprint density at radius 1 is 0.127 bits per heavy atom. The summed E-state index contributed by atoms with van der Waals surface area (Å²) in [4.78, 5) is 0. The van der Waals surface area contributed by atoms with Gasteiger partial charge in [-0.2, -0.15) is 0 Å². The Kier molecular flexibility index (Phi) is 36.8. The lowest BCUT2D eigenvalue weighted by Gasteiger charge is -2.27. The summed E-state index contributed by atoms with van der Waals surface area (Å²) < 4.78 is 96.1. The maximum Gasteiger partial charge on any atom is 0.137 e. The normalized spacial score (nSPS) is 13.8. The maximum absolute atomic E-state index is 7.29. The Hall–Kier alpha value is -7.56. The van der Waals surface area contributed by atoms with Gasteiger partial charge in [0, 0.05) is 105 Å². The summed E-state index contributed by atoms with van der Waals surface area (Å²) in [6, 6.07) is 27.0. The lowest BCUT2D eigenvalue weighted by molar-refractivity contribution is -0.870. The number of benzene rings is 6. The summed E-state index contributed by atoms with van der Waals surface area (Å²) in [7, 11) is 79.8. The van der Waals surface area contributed by atoms with Crippen LogP contribution in [0.5, 0.6) is 69.0 Å². The average Bonchev–Trinajstić information content (AvgIpc) is 0.784. The van der Waals surface area contributed by atoms with Crippen LogP contribution in [0.4, 0.5) is 0 Å². The number of hydrogen-bond acceptors (Lipinski definition) is 12. The Morgan fingerprint density at radius 2 is 0.190 bits per heavy atom. The molecule has 0 saturated carbocycles. The van der Waals surface area contributed by atoms with Crippen molar-refractivity contribution in [3.05, 3.63) is 140 Å². The van der Waals surface area contributed by atoms with E-state index < -0.39 is 0 Å². The first-order valence-electron chi connectivity index (χ1n) is 46.0. The number of rotatable bonds is 48. The number of hydrogen-bond donors (Lipinski definition) is 0. The van der Waals surface area contributed by atoms with Crippen LogP contribution in [0.15, 0.2) is 72.8 Å². The molecule has 0 atom stereocenters. The largest absolute Gasteiger partial charge is 0.487 e. The summed E-state index contributed by atoms with van der Waals surface area (Å²) in [5.74, 6) is 9.23. The van der Waals surface area contributed by atoms with E-state index in [0.29, 0.717) is 172 Å². The first-order chi connectivity index (χ1) is 57.8. The van der Waals surface area contributed by atoms with E-state index >= 15 is 0 Å². The molecule has 16 aliphatic rings. The molecule has 0 radical (unpaired) electrons. The standard InChI is InChI=1S/C102H180N12O12/c1-103(2,3)37-49-115-91-67-80-62-82-70-96(120-54-42-108(16,17)18)84(72-95(82)119-53-41-107(13,14)15)64-86-74-100(124-58-46-112(28,29)30)88(76-99(86)123-57-45-111(25,26)27)66-90-78-101(125-59-47-113(31,32)33)89(77-102(90)126-60-48-114(34,35)36)65-87-75-97(121-55-43-109(19,20)21)85(73-98(87)122-56-44-110(22,23)24)63-83-71-93(117-51-39-105(7,8)9)81(69-94(83)118-52-40-106(10,11)12)61-79(91)68-92(80)116-50-38-104(4,5)6/h67-78H,37-66H2,1-36H3/q+12. The highest BCUT2D eigenvalue weighted by Crippen LogP contribution is 2.45. The second-order valence-corrected chi connectivity index (χ2v) is 47.8. The van der Waals surface area contributed by atoms with Crippen molar-refractivity contribution in [3.63, 3.8) is 0 Å². The molecule has 0 heterocycles. The SMILES string of the molecule is C[N+](C)(C)CCOc1cc2c(OCC[N+](C)(C)C)cc1Cc1cc(OCC[N+](C)(C)C)c(cc1OCC[N+](C)(C)C)Cc1cc(OCC[N+](C)(C)C)c(cc1OCC[N+](C)(C)C)Cc1cc(OCC[N+](C)(C)C)c(cc1OCC[N+](C)(C)C)Cc1cc(OCC[N+](C)(C)C)c(cc1OCC[N+](C)(C)C)Cc1cc(OCC[N+](C)(C)C)c(cc1OCC[N+](C)(C)C)C2. The van der Waals surface area contributed by atoms with Crippen LogP contribution in [0.2, 0.25) is 0 Å². The monoisotopic (exact) mass is 1770 g/mol. The minimum absolute atomic E-state index is 0.434. The fourth-order valence-electron chi connectivity index (χ4n) is 13.5. The zero-order chi connectivity index (χ0) is 94.0. The number of quaternary nitrogens is 12. The summed E-state index contributed by atoms with van der Waals surface area (Å²) in [6.07, 6.45) is 2.60. The van der Waals surface area contributed by atoms with Gasteiger partial charge in [-0.05, 0) is 72.8 Å². The molecule has 0 unspecified atom stereocenters. The molecule has 16 aliphatic carbocycles. The molecule has 6 aromatic rings. The molecule has 6 aromatic carbocycles. The zero-order valence-corrected chi connectivity index (χ0v) is 86.4. The Balaban J connectivity index is 1.74. The fraction of sp³-hybridized carbons (Fsp3) is 0.647. The topological polar surface area (TPSA) is 111 Å². The number of likely N-dealkylation sites (N-methyl/N-ethyl adjacent to an activating group) is 12. The van der Waals surface area contributed by atoms with Gasteiger partial charge in [0.1, 0.15) is 227 Å². The van der Waals surface area contributed by atoms with Gasteiger partial charge < -0.3 is 111 Å². The minimum Gasteiger partial charge on any atom is -0.487 e. The first-order valence-corrected chi connectivity index (χ1v) is 46.0. The van der Waals surface area contributed by atoms with Gasteiger partial charge in [0.05, 0.1) is 254 Å². The molecular formula is C102H180N12O12+12. The lowest BCUT2D eigenvalue weighted by Crippen LogP contribution is -2.38. The molecule has 0 fully saturated rings. The molecule has 126 heavy (non-hydrogen) atoms. The fourth-order valence-corrected chi connectivity index (χ4v) is 13.5. The van der Waals surface area contributed by atoms with E-state index in [4.69, 9.17) is 56.8 Å². The minimum atomic E-state index is 0.434. The summed E-state index contributed by atoms with van der Waals surface area (Å²) >= 11 is 0. The van der Waals surface area contributed by atoms with Gasteiger partial charge in [-0.3, -0.25) is 0 Å². The molecule has 22 rings (SSSR count). The highest BCUT2D eigenvalue weighted by atomic mass is 16.5. The third-order valence-electron chi connectivity index (χ3n) is 22.0. The third-order valence-corrected chi connectivity index (χ3v) is 22.0. The van der Waals surface area contributed by atoms with Crippen LogP contribution in [-0.4, -0.2) is 465 Å². The van der Waals surface area contributed by atoms with Crippen LogP contribution in [-0.2, 0) is 38.5 Å². The lowest BCUT2D eigenvalue weighted by atomic mass is 9.92. The molecular weight excluding hydrogens is 1590 g/mol. The number of ether oxygens (including phenoxy) is 12. The predicted molar refractivity (Wildman–Crippen MR) is 516 cm³/mol. The second-order valence-electron chi connectivity index (χ2n) is 47.8. The summed E-state index contributed by atoms with van der Waals surface area (Å²) in [5, 5.41) is 0. The molecule has 708 valence electrons. The van der Waals surface area contributed by atoms with Gasteiger partial charge in [-0.25, -0.2) is 0 Å². The Morgan fingerprint density at radius 3 is 0.246 bits per heavy atom. The van der Waals surface area contributed by atoms with Crippen LogP contribution in [0.25, 0.3) is 0 Å². The molecule has 0 N–H and O–H groups in total. The van der Waals surface area contributed by atoms with E-state index in [2.05, 4.69) is 327 Å². The molecule has 24 heteroatoms. The van der Waals surface area contributed by atoms with E-state index in [-0.39, 0.29) is 0 Å². The maximum atomic E-state index is 7.29. The van der Waals surface area contributed by atoms with E-state index in [1.165, 1.54) is 0 Å². The Labute approximate surface area is 765 Å². The quantitative estimate of drug-likeness (QED) is 0.0339. The first kappa shape index (κ1) is 105. The van der Waals surface area contributed by atoms with Crippen LogP contribution >= 0.6 is 0 Å². The van der Waals surface area contributed by atoms with E-state index in [0.717, 1.165) is 214 Å². The van der Waals surface area contributed by atoms with Gasteiger partial charge in [0.25, 0.3) is 0 Å². The van der Waals surface area contributed by atoms with Crippen molar-refractivity contribution < 1.29 is 111 Å². The Bertz CT molecular complexity index is 3440. The number of nitrogens with zero attached hydrogens (tertiary/aromatic N) is 12.